The van der Waals surface area contributed by atoms with Crippen molar-refractivity contribution < 1.29 is 18.7 Å². The summed E-state index contributed by atoms with van der Waals surface area (Å²) in [5, 5.41) is 2.87. The van der Waals surface area contributed by atoms with E-state index in [0.717, 1.165) is 15.3 Å². The average Bonchev–Trinajstić information content (AvgIpc) is 3.27. The summed E-state index contributed by atoms with van der Waals surface area (Å²) in [5.74, 6) is -0.501. The average molecular weight is 498 g/mol. The van der Waals surface area contributed by atoms with E-state index in [1.54, 1.807) is 40.5 Å². The molecule has 0 aliphatic heterocycles. The highest BCUT2D eigenvalue weighted by Gasteiger charge is 2.22. The lowest BCUT2D eigenvalue weighted by molar-refractivity contribution is -0.133. The van der Waals surface area contributed by atoms with E-state index >= 15 is 0 Å². The topological polar surface area (TPSA) is 61.9 Å². The Balaban J connectivity index is 1.75. The van der Waals surface area contributed by atoms with E-state index in [2.05, 4.69) is 5.32 Å². The zero-order chi connectivity index (χ0) is 25.0. The van der Waals surface area contributed by atoms with Crippen molar-refractivity contribution in [3.05, 3.63) is 87.9 Å². The molecular weight excluding hydrogens is 465 g/mol. The summed E-state index contributed by atoms with van der Waals surface area (Å²) in [4.78, 5) is 32.0. The minimum Gasteiger partial charge on any atom is -0.382 e. The lowest BCUT2D eigenvalue weighted by atomic mass is 10.2. The highest BCUT2D eigenvalue weighted by Crippen LogP contribution is 2.19. The number of anilines is 1. The van der Waals surface area contributed by atoms with Crippen LogP contribution in [0.4, 0.5) is 14.9 Å². The van der Waals surface area contributed by atoms with E-state index < -0.39 is 0 Å². The predicted molar refractivity (Wildman–Crippen MR) is 138 cm³/mol. The second kappa shape index (κ2) is 13.6. The van der Waals surface area contributed by atoms with Crippen LogP contribution in [0.25, 0.3) is 0 Å². The predicted octanol–water partition coefficient (Wildman–Crippen LogP) is 5.69. The molecule has 1 heterocycles. The van der Waals surface area contributed by atoms with Crippen LogP contribution in [0.3, 0.4) is 0 Å². The lowest BCUT2D eigenvalue weighted by Crippen LogP contribution is -2.44. The van der Waals surface area contributed by atoms with Gasteiger partial charge in [-0.05, 0) is 62.2 Å². The molecule has 35 heavy (non-hydrogen) atoms. The highest BCUT2D eigenvalue weighted by molar-refractivity contribution is 7.11. The second-order valence-electron chi connectivity index (χ2n) is 8.16. The highest BCUT2D eigenvalue weighted by atomic mass is 32.1. The monoisotopic (exact) mass is 497 g/mol. The molecule has 0 unspecified atom stereocenters. The summed E-state index contributed by atoms with van der Waals surface area (Å²) in [7, 11) is 0. The van der Waals surface area contributed by atoms with E-state index in [0.29, 0.717) is 45.0 Å². The van der Waals surface area contributed by atoms with Gasteiger partial charge in [-0.3, -0.25) is 4.79 Å². The van der Waals surface area contributed by atoms with Gasteiger partial charge in [-0.1, -0.05) is 30.3 Å². The molecule has 1 aromatic heterocycles. The van der Waals surface area contributed by atoms with E-state index in [1.807, 2.05) is 44.2 Å². The Labute approximate surface area is 210 Å². The van der Waals surface area contributed by atoms with E-state index in [4.69, 9.17) is 4.74 Å². The minimum absolute atomic E-state index is 0.0731. The largest absolute Gasteiger partial charge is 0.382 e. The number of hydrogen-bond acceptors (Lipinski definition) is 4. The van der Waals surface area contributed by atoms with Crippen LogP contribution in [0.1, 0.15) is 28.7 Å². The number of nitrogens with zero attached hydrogens (tertiary/aromatic N) is 2. The Morgan fingerprint density at radius 2 is 1.71 bits per heavy atom. The SMILES string of the molecule is CCOCCCN(CC(=O)N(Cc1ccc(F)cc1)Cc1ccc(C)s1)C(=O)Nc1ccccc1. The summed E-state index contributed by atoms with van der Waals surface area (Å²) < 4.78 is 18.8. The third kappa shape index (κ3) is 8.81. The number of para-hydroxylation sites is 1. The van der Waals surface area contributed by atoms with Gasteiger partial charge < -0.3 is 19.9 Å². The van der Waals surface area contributed by atoms with Crippen LogP contribution in [0.5, 0.6) is 0 Å². The van der Waals surface area contributed by atoms with Gasteiger partial charge in [-0.25, -0.2) is 9.18 Å². The van der Waals surface area contributed by atoms with Crippen LogP contribution in [0.2, 0.25) is 0 Å². The van der Waals surface area contributed by atoms with Crippen LogP contribution in [-0.2, 0) is 22.6 Å². The standard InChI is InChI=1S/C27H32FN3O3S/c1-3-34-17-7-16-30(27(33)29-24-8-5-4-6-9-24)20-26(32)31(19-25-15-10-21(2)35-25)18-22-11-13-23(28)14-12-22/h4-6,8-15H,3,7,16-20H2,1-2H3,(H,29,33). The number of carbonyl (C=O) groups excluding carboxylic acids is 2. The molecule has 8 heteroatoms. The zero-order valence-electron chi connectivity index (χ0n) is 20.2. The summed E-state index contributed by atoms with van der Waals surface area (Å²) in [6.45, 7) is 6.10. The molecule has 6 nitrogen and oxygen atoms in total. The summed E-state index contributed by atoms with van der Waals surface area (Å²) in [6.07, 6.45) is 0.616. The fourth-order valence-electron chi connectivity index (χ4n) is 3.54. The number of carbonyl (C=O) groups is 2. The number of urea groups is 1. The molecule has 3 rings (SSSR count). The van der Waals surface area contributed by atoms with Crippen molar-refractivity contribution in [2.75, 3.05) is 31.6 Å². The van der Waals surface area contributed by atoms with Gasteiger partial charge in [-0.15, -0.1) is 11.3 Å². The fourth-order valence-corrected chi connectivity index (χ4v) is 4.45. The van der Waals surface area contributed by atoms with Gasteiger partial charge in [0.2, 0.25) is 5.91 Å². The number of hydrogen-bond donors (Lipinski definition) is 1. The molecular formula is C27H32FN3O3S. The molecule has 0 radical (unpaired) electrons. The van der Waals surface area contributed by atoms with Crippen LogP contribution in [0, 0.1) is 12.7 Å². The minimum atomic E-state index is -0.338. The molecule has 0 aliphatic carbocycles. The van der Waals surface area contributed by atoms with E-state index in [-0.39, 0.29) is 24.3 Å². The molecule has 0 atom stereocenters. The Kier molecular flexibility index (Phi) is 10.3. The number of amides is 3. The molecule has 3 aromatic rings. The Morgan fingerprint density at radius 3 is 2.37 bits per heavy atom. The third-order valence-corrected chi connectivity index (χ3v) is 6.33. The van der Waals surface area contributed by atoms with Crippen molar-refractivity contribution in [2.24, 2.45) is 0 Å². The van der Waals surface area contributed by atoms with Gasteiger partial charge in [-0.2, -0.15) is 0 Å². The Bertz CT molecular complexity index is 1070. The molecule has 0 bridgehead atoms. The molecule has 1 N–H and O–H groups in total. The molecule has 0 aliphatic rings. The van der Waals surface area contributed by atoms with Gasteiger partial charge in [0.15, 0.2) is 0 Å². The van der Waals surface area contributed by atoms with Crippen molar-refractivity contribution in [1.29, 1.82) is 0 Å². The first kappa shape index (κ1) is 26.4. The van der Waals surface area contributed by atoms with Gasteiger partial charge in [0, 0.05) is 41.7 Å². The smallest absolute Gasteiger partial charge is 0.322 e. The molecule has 0 saturated carbocycles. The van der Waals surface area contributed by atoms with Crippen molar-refractivity contribution in [3.63, 3.8) is 0 Å². The van der Waals surface area contributed by atoms with Crippen LogP contribution >= 0.6 is 11.3 Å². The summed E-state index contributed by atoms with van der Waals surface area (Å²) >= 11 is 1.63. The van der Waals surface area contributed by atoms with Gasteiger partial charge in [0.25, 0.3) is 0 Å². The summed E-state index contributed by atoms with van der Waals surface area (Å²) in [5.41, 5.74) is 1.49. The van der Waals surface area contributed by atoms with E-state index in [1.165, 1.54) is 17.0 Å². The van der Waals surface area contributed by atoms with Crippen LogP contribution < -0.4 is 5.32 Å². The Morgan fingerprint density at radius 1 is 0.971 bits per heavy atom. The lowest BCUT2D eigenvalue weighted by Gasteiger charge is -2.28. The molecule has 186 valence electrons. The van der Waals surface area contributed by atoms with Crippen molar-refractivity contribution >= 4 is 29.0 Å². The van der Waals surface area contributed by atoms with Gasteiger partial charge in [0.1, 0.15) is 12.4 Å². The van der Waals surface area contributed by atoms with Crippen molar-refractivity contribution in [3.8, 4) is 0 Å². The first-order valence-corrected chi connectivity index (χ1v) is 12.5. The maximum absolute atomic E-state index is 13.5. The normalized spacial score (nSPS) is 10.7. The van der Waals surface area contributed by atoms with E-state index in [9.17, 15) is 14.0 Å². The number of ether oxygens (including phenoxy) is 1. The van der Waals surface area contributed by atoms with Gasteiger partial charge in [0.05, 0.1) is 6.54 Å². The molecule has 0 fully saturated rings. The number of thiophene rings is 1. The van der Waals surface area contributed by atoms with Gasteiger partial charge >= 0.3 is 6.03 Å². The number of halogens is 1. The molecule has 3 amide bonds. The quantitative estimate of drug-likeness (QED) is 0.327. The van der Waals surface area contributed by atoms with Crippen LogP contribution in [0.15, 0.2) is 66.7 Å². The number of nitrogens with one attached hydrogen (secondary N) is 1. The fraction of sp³-hybridized carbons (Fsp3) is 0.333. The summed E-state index contributed by atoms with van der Waals surface area (Å²) in [6, 6.07) is 19.0. The molecule has 0 spiro atoms. The first-order valence-electron chi connectivity index (χ1n) is 11.7. The first-order chi connectivity index (χ1) is 16.9. The second-order valence-corrected chi connectivity index (χ2v) is 9.53. The number of aryl methyl sites for hydroxylation is 1. The molecule has 0 saturated heterocycles. The maximum atomic E-state index is 13.5. The van der Waals surface area contributed by atoms with Crippen molar-refractivity contribution in [2.45, 2.75) is 33.4 Å². The third-order valence-electron chi connectivity index (χ3n) is 5.34. The maximum Gasteiger partial charge on any atom is 0.322 e. The number of benzene rings is 2. The number of rotatable bonds is 12. The zero-order valence-corrected chi connectivity index (χ0v) is 21.0. The molecule has 2 aromatic carbocycles. The Hall–Kier alpha value is -3.23. The van der Waals surface area contributed by atoms with Crippen LogP contribution in [-0.4, -0.2) is 48.0 Å². The van der Waals surface area contributed by atoms with Crippen molar-refractivity contribution in [1.82, 2.24) is 9.80 Å².